The van der Waals surface area contributed by atoms with Gasteiger partial charge in [-0.3, -0.25) is 9.78 Å². The van der Waals surface area contributed by atoms with Crippen LogP contribution >= 0.6 is 27.3 Å². The van der Waals surface area contributed by atoms with Gasteiger partial charge in [0.25, 0.3) is 5.91 Å². The Kier molecular flexibility index (Phi) is 4.31. The average Bonchev–Trinajstić information content (AvgIpc) is 2.92. The van der Waals surface area contributed by atoms with Crippen LogP contribution in [0.3, 0.4) is 0 Å². The van der Waals surface area contributed by atoms with Crippen molar-refractivity contribution in [1.82, 2.24) is 9.97 Å². The van der Waals surface area contributed by atoms with Gasteiger partial charge in [0.2, 0.25) is 0 Å². The van der Waals surface area contributed by atoms with Crippen LogP contribution in [0.2, 0.25) is 0 Å². The number of carbonyl (C=O) groups excluding carboxylic acids is 1. The van der Waals surface area contributed by atoms with Crippen molar-refractivity contribution < 1.29 is 4.79 Å². The molecule has 0 radical (unpaired) electrons. The lowest BCUT2D eigenvalue weighted by Crippen LogP contribution is -2.11. The predicted molar refractivity (Wildman–Crippen MR) is 92.2 cm³/mol. The Labute approximate surface area is 140 Å². The first-order valence-electron chi connectivity index (χ1n) is 6.59. The topological polar surface area (TPSA) is 54.9 Å². The van der Waals surface area contributed by atoms with Gasteiger partial charge < -0.3 is 5.32 Å². The molecule has 0 aliphatic carbocycles. The molecule has 2 aromatic heterocycles. The molecule has 2 heterocycles. The van der Waals surface area contributed by atoms with Crippen molar-refractivity contribution >= 4 is 38.9 Å². The largest absolute Gasteiger partial charge is 0.321 e. The van der Waals surface area contributed by atoms with Crippen molar-refractivity contribution in [3.05, 3.63) is 63.7 Å². The Balaban J connectivity index is 1.84. The van der Waals surface area contributed by atoms with E-state index in [2.05, 4.69) is 31.2 Å². The third-order valence-corrected chi connectivity index (χ3v) is 4.70. The molecular formula is C16H12BrN3OS. The number of thiazole rings is 1. The van der Waals surface area contributed by atoms with E-state index in [1.54, 1.807) is 6.20 Å². The SMILES string of the molecule is Cc1nc(-c2ccccn2)sc1C(=O)Nc1ccc(Br)cc1. The normalized spacial score (nSPS) is 10.5. The van der Waals surface area contributed by atoms with E-state index in [9.17, 15) is 4.79 Å². The van der Waals surface area contributed by atoms with Gasteiger partial charge in [0.15, 0.2) is 0 Å². The number of carbonyl (C=O) groups is 1. The van der Waals surface area contributed by atoms with Crippen molar-refractivity contribution in [1.29, 1.82) is 0 Å². The average molecular weight is 374 g/mol. The van der Waals surface area contributed by atoms with Crippen LogP contribution in [0, 0.1) is 6.92 Å². The van der Waals surface area contributed by atoms with Gasteiger partial charge in [0.05, 0.1) is 11.4 Å². The Hall–Kier alpha value is -2.05. The summed E-state index contributed by atoms with van der Waals surface area (Å²) in [7, 11) is 0. The Morgan fingerprint density at radius 1 is 1.18 bits per heavy atom. The van der Waals surface area contributed by atoms with E-state index in [4.69, 9.17) is 0 Å². The highest BCUT2D eigenvalue weighted by Gasteiger charge is 2.16. The fraction of sp³-hybridized carbons (Fsp3) is 0.0625. The van der Waals surface area contributed by atoms with Crippen LogP contribution in [0.4, 0.5) is 5.69 Å². The minimum atomic E-state index is -0.153. The molecule has 0 aliphatic rings. The maximum absolute atomic E-state index is 12.4. The minimum absolute atomic E-state index is 0.153. The molecule has 3 rings (SSSR count). The summed E-state index contributed by atoms with van der Waals surface area (Å²) in [5, 5.41) is 3.63. The molecule has 110 valence electrons. The molecule has 0 aliphatic heterocycles. The van der Waals surface area contributed by atoms with Crippen LogP contribution in [-0.4, -0.2) is 15.9 Å². The number of benzene rings is 1. The predicted octanol–water partition coefficient (Wildman–Crippen LogP) is 4.53. The summed E-state index contributed by atoms with van der Waals surface area (Å²) >= 11 is 4.72. The second kappa shape index (κ2) is 6.37. The van der Waals surface area contributed by atoms with Gasteiger partial charge in [-0.2, -0.15) is 0 Å². The van der Waals surface area contributed by atoms with Crippen molar-refractivity contribution in [2.45, 2.75) is 6.92 Å². The molecule has 6 heteroatoms. The van der Waals surface area contributed by atoms with Crippen LogP contribution in [0.5, 0.6) is 0 Å². The second-order valence-corrected chi connectivity index (χ2v) is 6.52. The zero-order valence-electron chi connectivity index (χ0n) is 11.7. The van der Waals surface area contributed by atoms with Gasteiger partial charge in [-0.05, 0) is 43.3 Å². The number of nitrogens with one attached hydrogen (secondary N) is 1. The van der Waals surface area contributed by atoms with Gasteiger partial charge in [-0.25, -0.2) is 4.98 Å². The molecule has 0 saturated heterocycles. The molecule has 1 amide bonds. The molecular weight excluding hydrogens is 362 g/mol. The summed E-state index contributed by atoms with van der Waals surface area (Å²) in [6.07, 6.45) is 1.72. The van der Waals surface area contributed by atoms with Gasteiger partial charge in [0.1, 0.15) is 9.88 Å². The summed E-state index contributed by atoms with van der Waals surface area (Å²) in [5.74, 6) is -0.153. The number of rotatable bonds is 3. The Morgan fingerprint density at radius 2 is 1.95 bits per heavy atom. The molecule has 0 unspecified atom stereocenters. The molecule has 0 spiro atoms. The molecule has 0 atom stereocenters. The standard InChI is InChI=1S/C16H12BrN3OS/c1-10-14(15(21)20-12-7-5-11(17)6-8-12)22-16(19-10)13-4-2-3-9-18-13/h2-9H,1H3,(H,20,21). The summed E-state index contributed by atoms with van der Waals surface area (Å²) in [5.41, 5.74) is 2.24. The van der Waals surface area contributed by atoms with Crippen molar-refractivity contribution in [2.75, 3.05) is 5.32 Å². The van der Waals surface area contributed by atoms with E-state index in [1.165, 1.54) is 11.3 Å². The van der Waals surface area contributed by atoms with Crippen molar-refractivity contribution in [2.24, 2.45) is 0 Å². The van der Waals surface area contributed by atoms with Crippen molar-refractivity contribution in [3.8, 4) is 10.7 Å². The van der Waals surface area contributed by atoms with E-state index in [0.717, 1.165) is 20.9 Å². The van der Waals surface area contributed by atoms with Crippen LogP contribution in [0.25, 0.3) is 10.7 Å². The molecule has 22 heavy (non-hydrogen) atoms. The zero-order valence-corrected chi connectivity index (χ0v) is 14.1. The summed E-state index contributed by atoms with van der Waals surface area (Å²) in [6, 6.07) is 13.1. The Morgan fingerprint density at radius 3 is 2.64 bits per heavy atom. The van der Waals surface area contributed by atoms with Gasteiger partial charge in [-0.1, -0.05) is 22.0 Å². The summed E-state index contributed by atoms with van der Waals surface area (Å²) < 4.78 is 0.969. The van der Waals surface area contributed by atoms with Crippen LogP contribution in [-0.2, 0) is 0 Å². The number of aryl methyl sites for hydroxylation is 1. The highest BCUT2D eigenvalue weighted by atomic mass is 79.9. The number of aromatic nitrogens is 2. The van der Waals surface area contributed by atoms with E-state index in [-0.39, 0.29) is 5.91 Å². The van der Waals surface area contributed by atoms with Crippen molar-refractivity contribution in [3.63, 3.8) is 0 Å². The van der Waals surface area contributed by atoms with E-state index in [1.807, 2.05) is 49.4 Å². The first kappa shape index (κ1) is 14.9. The number of nitrogens with zero attached hydrogens (tertiary/aromatic N) is 2. The third kappa shape index (κ3) is 3.23. The van der Waals surface area contributed by atoms with E-state index >= 15 is 0 Å². The summed E-state index contributed by atoms with van der Waals surface area (Å²) in [4.78, 5) is 21.7. The fourth-order valence-corrected chi connectivity index (χ4v) is 3.13. The molecule has 4 nitrogen and oxygen atoms in total. The fourth-order valence-electron chi connectivity index (χ4n) is 1.93. The molecule has 1 N–H and O–H groups in total. The number of anilines is 1. The minimum Gasteiger partial charge on any atom is -0.321 e. The number of hydrogen-bond acceptors (Lipinski definition) is 4. The monoisotopic (exact) mass is 373 g/mol. The number of halogens is 1. The second-order valence-electron chi connectivity index (χ2n) is 4.61. The Bertz CT molecular complexity index is 800. The molecule has 1 aromatic carbocycles. The van der Waals surface area contributed by atoms with Gasteiger partial charge >= 0.3 is 0 Å². The number of pyridine rings is 1. The van der Waals surface area contributed by atoms with Crippen LogP contribution in [0.15, 0.2) is 53.1 Å². The lowest BCUT2D eigenvalue weighted by molar-refractivity contribution is 0.103. The molecule has 0 bridgehead atoms. The first-order chi connectivity index (χ1) is 10.6. The smallest absolute Gasteiger partial charge is 0.267 e. The lowest BCUT2D eigenvalue weighted by Gasteiger charge is -2.03. The number of hydrogen-bond donors (Lipinski definition) is 1. The third-order valence-electron chi connectivity index (χ3n) is 2.99. The molecule has 0 saturated carbocycles. The maximum atomic E-state index is 12.4. The zero-order chi connectivity index (χ0) is 15.5. The molecule has 0 fully saturated rings. The van der Waals surface area contributed by atoms with Gasteiger partial charge in [-0.15, -0.1) is 11.3 Å². The van der Waals surface area contributed by atoms with Gasteiger partial charge in [0, 0.05) is 16.4 Å². The van der Waals surface area contributed by atoms with E-state index in [0.29, 0.717) is 10.6 Å². The summed E-state index contributed by atoms with van der Waals surface area (Å²) in [6.45, 7) is 1.83. The highest BCUT2D eigenvalue weighted by Crippen LogP contribution is 2.27. The molecule has 3 aromatic rings. The highest BCUT2D eigenvalue weighted by molar-refractivity contribution is 9.10. The van der Waals surface area contributed by atoms with Crippen LogP contribution in [0.1, 0.15) is 15.4 Å². The lowest BCUT2D eigenvalue weighted by atomic mass is 10.3. The van der Waals surface area contributed by atoms with Crippen LogP contribution < -0.4 is 5.32 Å². The number of amides is 1. The van der Waals surface area contributed by atoms with E-state index < -0.39 is 0 Å². The quantitative estimate of drug-likeness (QED) is 0.733. The maximum Gasteiger partial charge on any atom is 0.267 e. The first-order valence-corrected chi connectivity index (χ1v) is 8.20.